The SMILES string of the molecule is CC(=O)NC(C=[N+]1CCCC1C)C(C)(C)C.Cc1ncsc1-c1ccc(CNC=O)c(OC(C)C)c1. The zero-order valence-corrected chi connectivity index (χ0v) is 23.9. The summed E-state index contributed by atoms with van der Waals surface area (Å²) in [5, 5.41) is 5.70. The number of hydrogen-bond acceptors (Lipinski definition) is 5. The quantitative estimate of drug-likeness (QED) is 0.385. The minimum absolute atomic E-state index is 0.0445. The number of nitrogens with one attached hydrogen (secondary N) is 2. The lowest BCUT2D eigenvalue weighted by molar-refractivity contribution is -0.537. The first kappa shape index (κ1) is 29.5. The van der Waals surface area contributed by atoms with Gasteiger partial charge in [0, 0.05) is 31.9 Å². The van der Waals surface area contributed by atoms with E-state index in [1.807, 2.05) is 44.5 Å². The summed E-state index contributed by atoms with van der Waals surface area (Å²) >= 11 is 1.62. The van der Waals surface area contributed by atoms with Gasteiger partial charge < -0.3 is 15.4 Å². The Kier molecular flexibility index (Phi) is 11.1. The van der Waals surface area contributed by atoms with Crippen molar-refractivity contribution in [1.29, 1.82) is 0 Å². The van der Waals surface area contributed by atoms with Gasteiger partial charge in [-0.25, -0.2) is 9.56 Å². The second kappa shape index (κ2) is 13.5. The normalized spacial score (nSPS) is 17.4. The topological polar surface area (TPSA) is 83.3 Å². The molecule has 0 bridgehead atoms. The number of benzene rings is 1. The van der Waals surface area contributed by atoms with Crippen LogP contribution in [-0.2, 0) is 16.1 Å². The van der Waals surface area contributed by atoms with Gasteiger partial charge in [-0.15, -0.1) is 11.3 Å². The van der Waals surface area contributed by atoms with E-state index < -0.39 is 0 Å². The fourth-order valence-electron chi connectivity index (χ4n) is 4.00. The highest BCUT2D eigenvalue weighted by Crippen LogP contribution is 2.32. The summed E-state index contributed by atoms with van der Waals surface area (Å²) in [7, 11) is 0. The van der Waals surface area contributed by atoms with Crippen LogP contribution in [0.1, 0.15) is 72.6 Å². The van der Waals surface area contributed by atoms with Gasteiger partial charge in [-0.1, -0.05) is 32.9 Å². The summed E-state index contributed by atoms with van der Waals surface area (Å²) in [4.78, 5) is 27.1. The van der Waals surface area contributed by atoms with Gasteiger partial charge in [0.05, 0.1) is 22.2 Å². The number of hydrogen-bond donors (Lipinski definition) is 2. The van der Waals surface area contributed by atoms with Crippen molar-refractivity contribution in [3.8, 4) is 16.2 Å². The number of aromatic nitrogens is 1. The van der Waals surface area contributed by atoms with Gasteiger partial charge in [0.2, 0.25) is 12.3 Å². The van der Waals surface area contributed by atoms with Gasteiger partial charge >= 0.3 is 0 Å². The van der Waals surface area contributed by atoms with Gasteiger partial charge in [-0.2, -0.15) is 0 Å². The third-order valence-electron chi connectivity index (χ3n) is 6.05. The molecular formula is C28H43N4O3S+. The van der Waals surface area contributed by atoms with E-state index in [-0.39, 0.29) is 23.5 Å². The third kappa shape index (κ3) is 9.04. The molecule has 2 heterocycles. The number of amides is 2. The van der Waals surface area contributed by atoms with Gasteiger partial charge in [0.1, 0.15) is 24.4 Å². The van der Waals surface area contributed by atoms with Gasteiger partial charge in [0.25, 0.3) is 0 Å². The summed E-state index contributed by atoms with van der Waals surface area (Å²) in [6, 6.07) is 6.77. The summed E-state index contributed by atoms with van der Waals surface area (Å²) in [6.07, 6.45) is 5.50. The molecule has 1 aromatic carbocycles. The Morgan fingerprint density at radius 2 is 2.06 bits per heavy atom. The van der Waals surface area contributed by atoms with Crippen LogP contribution in [-0.4, -0.2) is 52.8 Å². The van der Waals surface area contributed by atoms with Crippen LogP contribution in [0.3, 0.4) is 0 Å². The number of rotatable bonds is 8. The van der Waals surface area contributed by atoms with Crippen molar-refractivity contribution in [1.82, 2.24) is 15.6 Å². The number of carbonyl (C=O) groups is 2. The molecule has 0 aliphatic carbocycles. The Morgan fingerprint density at radius 1 is 1.33 bits per heavy atom. The number of ether oxygens (including phenoxy) is 1. The highest BCUT2D eigenvalue weighted by atomic mass is 32.1. The predicted octanol–water partition coefficient (Wildman–Crippen LogP) is 4.95. The van der Waals surface area contributed by atoms with Crippen LogP contribution in [0.2, 0.25) is 0 Å². The average Bonchev–Trinajstić information content (AvgIpc) is 3.39. The Labute approximate surface area is 220 Å². The first-order chi connectivity index (χ1) is 16.9. The van der Waals surface area contributed by atoms with E-state index >= 15 is 0 Å². The molecule has 2 unspecified atom stereocenters. The van der Waals surface area contributed by atoms with Crippen LogP contribution >= 0.6 is 11.3 Å². The maximum absolute atomic E-state index is 11.2. The molecule has 1 aliphatic heterocycles. The van der Waals surface area contributed by atoms with Gasteiger partial charge in [-0.05, 0) is 44.7 Å². The molecular weight excluding hydrogens is 472 g/mol. The maximum atomic E-state index is 11.2. The van der Waals surface area contributed by atoms with Crippen LogP contribution in [0, 0.1) is 12.3 Å². The number of nitrogens with zero attached hydrogens (tertiary/aromatic N) is 2. The zero-order valence-electron chi connectivity index (χ0n) is 23.1. The molecule has 3 rings (SSSR count). The lowest BCUT2D eigenvalue weighted by Crippen LogP contribution is -2.46. The molecule has 2 aromatic rings. The molecule has 7 nitrogen and oxygen atoms in total. The van der Waals surface area contributed by atoms with Crippen LogP contribution in [0.15, 0.2) is 23.7 Å². The highest BCUT2D eigenvalue weighted by molar-refractivity contribution is 7.13. The molecule has 1 aromatic heterocycles. The average molecular weight is 516 g/mol. The zero-order chi connectivity index (χ0) is 26.9. The lowest BCUT2D eigenvalue weighted by atomic mass is 9.87. The molecule has 2 amide bonds. The molecule has 198 valence electrons. The number of carbonyl (C=O) groups excluding carboxylic acids is 2. The van der Waals surface area contributed by atoms with Crippen molar-refractivity contribution in [2.24, 2.45) is 5.41 Å². The van der Waals surface area contributed by atoms with E-state index in [1.54, 1.807) is 18.3 Å². The fourth-order valence-corrected chi connectivity index (χ4v) is 4.80. The van der Waals surface area contributed by atoms with Crippen LogP contribution in [0.4, 0.5) is 0 Å². The standard InChI is InChI=1S/C15H18N2O2S.C13H24N2O/c1-10(2)19-14-6-12(15-11(3)17-9-20-15)4-5-13(14)7-16-8-18;1-10-7-6-8-15(10)9-12(13(3,4)5)14-11(2)16/h4-6,8-10H,7H2,1-3H3,(H,16,18);9-10,12H,6-8H2,1-5H3/p+1. The molecule has 1 aliphatic rings. The molecule has 0 saturated carbocycles. The summed E-state index contributed by atoms with van der Waals surface area (Å²) in [5.74, 6) is 0.850. The van der Waals surface area contributed by atoms with E-state index in [9.17, 15) is 9.59 Å². The Hall–Kier alpha value is -2.74. The van der Waals surface area contributed by atoms with Crippen molar-refractivity contribution >= 4 is 29.9 Å². The molecule has 36 heavy (non-hydrogen) atoms. The largest absolute Gasteiger partial charge is 0.491 e. The molecule has 1 saturated heterocycles. The predicted molar refractivity (Wildman–Crippen MR) is 148 cm³/mol. The molecule has 1 fully saturated rings. The molecule has 2 atom stereocenters. The third-order valence-corrected chi connectivity index (χ3v) is 7.03. The Balaban J connectivity index is 0.000000261. The highest BCUT2D eigenvalue weighted by Gasteiger charge is 2.30. The lowest BCUT2D eigenvalue weighted by Gasteiger charge is -2.26. The molecule has 2 N–H and O–H groups in total. The van der Waals surface area contributed by atoms with E-state index in [4.69, 9.17) is 4.74 Å². The van der Waals surface area contributed by atoms with Gasteiger partial charge in [0.15, 0.2) is 6.21 Å². The Bertz CT molecular complexity index is 1040. The first-order valence-corrected chi connectivity index (χ1v) is 13.5. The summed E-state index contributed by atoms with van der Waals surface area (Å²) in [6.45, 7) is 17.9. The number of thiazole rings is 1. The Morgan fingerprint density at radius 3 is 2.56 bits per heavy atom. The van der Waals surface area contributed by atoms with E-state index in [2.05, 4.69) is 54.1 Å². The monoisotopic (exact) mass is 515 g/mol. The van der Waals surface area contributed by atoms with Crippen molar-refractivity contribution < 1.29 is 18.9 Å². The second-order valence-electron chi connectivity index (χ2n) is 10.7. The summed E-state index contributed by atoms with van der Waals surface area (Å²) < 4.78 is 8.22. The second-order valence-corrected chi connectivity index (χ2v) is 11.5. The van der Waals surface area contributed by atoms with Crippen LogP contribution < -0.4 is 15.4 Å². The van der Waals surface area contributed by atoms with E-state index in [0.29, 0.717) is 19.0 Å². The van der Waals surface area contributed by atoms with E-state index in [0.717, 1.165) is 34.0 Å². The fraction of sp³-hybridized carbons (Fsp3) is 0.571. The van der Waals surface area contributed by atoms with E-state index in [1.165, 1.54) is 12.8 Å². The smallest absolute Gasteiger partial charge is 0.217 e. The maximum Gasteiger partial charge on any atom is 0.217 e. The molecule has 0 spiro atoms. The van der Waals surface area contributed by atoms with Crippen molar-refractivity contribution in [3.63, 3.8) is 0 Å². The van der Waals surface area contributed by atoms with Crippen molar-refractivity contribution in [2.75, 3.05) is 6.54 Å². The first-order valence-electron chi connectivity index (χ1n) is 12.7. The number of aryl methyl sites for hydroxylation is 1. The summed E-state index contributed by atoms with van der Waals surface area (Å²) in [5.41, 5.74) is 4.99. The molecule has 8 heteroatoms. The van der Waals surface area contributed by atoms with Crippen molar-refractivity contribution in [3.05, 3.63) is 35.0 Å². The van der Waals surface area contributed by atoms with Crippen LogP contribution in [0.25, 0.3) is 10.4 Å². The minimum atomic E-state index is 0.0445. The minimum Gasteiger partial charge on any atom is -0.491 e. The van der Waals surface area contributed by atoms with Crippen molar-refractivity contribution in [2.45, 2.75) is 93.0 Å². The molecule has 0 radical (unpaired) electrons. The van der Waals surface area contributed by atoms with Crippen LogP contribution in [0.5, 0.6) is 5.75 Å². The van der Waals surface area contributed by atoms with Gasteiger partial charge in [-0.3, -0.25) is 9.59 Å².